The second-order valence-corrected chi connectivity index (χ2v) is 6.17. The molecule has 2 aromatic heterocycles. The average molecular weight is 383 g/mol. The number of hydrogen-bond donors (Lipinski definition) is 0. The molecule has 0 aliphatic heterocycles. The van der Waals surface area contributed by atoms with Crippen molar-refractivity contribution in [3.8, 4) is 11.8 Å². The van der Waals surface area contributed by atoms with Gasteiger partial charge in [0, 0.05) is 18.0 Å². The fourth-order valence-electron chi connectivity index (χ4n) is 2.56. The van der Waals surface area contributed by atoms with Crippen molar-refractivity contribution in [3.63, 3.8) is 0 Å². The molecule has 0 saturated carbocycles. The number of halogens is 4. The minimum Gasteiger partial charge on any atom is -0.309 e. The molecular weight excluding hydrogens is 376 g/mol. The van der Waals surface area contributed by atoms with Gasteiger partial charge in [0.25, 0.3) is 0 Å². The molecule has 0 bridgehead atoms. The third-order valence-corrected chi connectivity index (χ3v) is 4.35. The molecule has 24 heavy (non-hydrogen) atoms. The van der Waals surface area contributed by atoms with Gasteiger partial charge >= 0.3 is 0 Å². The lowest BCUT2D eigenvalue weighted by molar-refractivity contribution is 0.627. The topological polar surface area (TPSA) is 58.7 Å². The molecule has 3 aromatic rings. The third-order valence-electron chi connectivity index (χ3n) is 3.50. The van der Waals surface area contributed by atoms with E-state index in [2.05, 4.69) is 4.98 Å². The van der Waals surface area contributed by atoms with Crippen LogP contribution in [0.1, 0.15) is 11.3 Å². The Morgan fingerprint density at radius 1 is 1.21 bits per heavy atom. The smallest absolute Gasteiger partial charge is 0.192 e. The van der Waals surface area contributed by atoms with Crippen molar-refractivity contribution in [2.24, 2.45) is 0 Å². The number of pyridine rings is 2. The summed E-state index contributed by atoms with van der Waals surface area (Å²) in [4.78, 5) is 16.2. The summed E-state index contributed by atoms with van der Waals surface area (Å²) in [5.74, 6) is -0.644. The number of aryl methyl sites for hydroxylation is 1. The summed E-state index contributed by atoms with van der Waals surface area (Å²) in [5, 5.41) is 9.58. The van der Waals surface area contributed by atoms with Gasteiger partial charge in [-0.3, -0.25) is 4.79 Å². The Bertz CT molecular complexity index is 1100. The van der Waals surface area contributed by atoms with Gasteiger partial charge in [-0.15, -0.1) is 0 Å². The molecule has 0 unspecified atom stereocenters. The molecule has 8 heteroatoms. The van der Waals surface area contributed by atoms with Gasteiger partial charge in [-0.1, -0.05) is 34.8 Å². The highest BCUT2D eigenvalue weighted by atomic mass is 35.5. The van der Waals surface area contributed by atoms with Crippen LogP contribution in [-0.4, -0.2) is 9.55 Å². The molecule has 1 aromatic carbocycles. The first-order valence-electron chi connectivity index (χ1n) is 6.61. The van der Waals surface area contributed by atoms with Gasteiger partial charge in [0.2, 0.25) is 0 Å². The maximum absolute atomic E-state index is 13.6. The number of aromatic nitrogens is 2. The molecule has 4 nitrogen and oxygen atoms in total. The standard InChI is InChI=1S/C16H7Cl3FN3O/c1-7-2-12(24)13-15(11(18)6-22-16(13)19)23(7)14-8(5-21)3-9(20)4-10(14)17/h2-4,6H,1H3. The van der Waals surface area contributed by atoms with Crippen molar-refractivity contribution >= 4 is 45.7 Å². The van der Waals surface area contributed by atoms with Gasteiger partial charge in [-0.25, -0.2) is 9.37 Å². The van der Waals surface area contributed by atoms with E-state index in [4.69, 9.17) is 34.8 Å². The Labute approximate surface area is 150 Å². The molecular formula is C16H7Cl3FN3O. The van der Waals surface area contributed by atoms with Crippen LogP contribution in [0.15, 0.2) is 29.2 Å². The van der Waals surface area contributed by atoms with Crippen LogP contribution >= 0.6 is 34.8 Å². The summed E-state index contributed by atoms with van der Waals surface area (Å²) in [7, 11) is 0. The molecule has 0 atom stereocenters. The van der Waals surface area contributed by atoms with Crippen molar-refractivity contribution < 1.29 is 4.39 Å². The molecule has 0 saturated heterocycles. The largest absolute Gasteiger partial charge is 0.309 e. The van der Waals surface area contributed by atoms with Crippen LogP contribution in [0, 0.1) is 24.1 Å². The summed E-state index contributed by atoms with van der Waals surface area (Å²) in [6, 6.07) is 5.37. The van der Waals surface area contributed by atoms with Crippen molar-refractivity contribution in [3.05, 3.63) is 66.9 Å². The number of nitrogens with zero attached hydrogens (tertiary/aromatic N) is 3. The molecule has 2 heterocycles. The zero-order valence-electron chi connectivity index (χ0n) is 12.1. The maximum Gasteiger partial charge on any atom is 0.192 e. The normalized spacial score (nSPS) is 10.8. The second-order valence-electron chi connectivity index (χ2n) is 5.00. The summed E-state index contributed by atoms with van der Waals surface area (Å²) in [6.07, 6.45) is 1.30. The molecule has 0 fully saturated rings. The van der Waals surface area contributed by atoms with E-state index in [9.17, 15) is 14.4 Å². The van der Waals surface area contributed by atoms with Crippen molar-refractivity contribution in [1.82, 2.24) is 9.55 Å². The Hall–Kier alpha value is -2.13. The van der Waals surface area contributed by atoms with E-state index >= 15 is 0 Å². The predicted octanol–water partition coefficient (Wildman–Crippen LogP) is 4.67. The van der Waals surface area contributed by atoms with E-state index in [1.54, 1.807) is 6.92 Å². The molecule has 0 aliphatic carbocycles. The lowest BCUT2D eigenvalue weighted by atomic mass is 10.1. The van der Waals surface area contributed by atoms with Gasteiger partial charge < -0.3 is 4.57 Å². The highest BCUT2D eigenvalue weighted by Gasteiger charge is 2.20. The SMILES string of the molecule is Cc1cc(=O)c2c(Cl)ncc(Cl)c2n1-c1c(Cl)cc(F)cc1C#N. The Balaban J connectivity index is 2.62. The van der Waals surface area contributed by atoms with E-state index in [1.165, 1.54) is 16.8 Å². The highest BCUT2D eigenvalue weighted by Crippen LogP contribution is 2.33. The van der Waals surface area contributed by atoms with E-state index < -0.39 is 5.82 Å². The third kappa shape index (κ3) is 2.53. The Morgan fingerprint density at radius 2 is 1.92 bits per heavy atom. The first-order chi connectivity index (χ1) is 11.3. The van der Waals surface area contributed by atoms with Crippen LogP contribution in [-0.2, 0) is 0 Å². The number of benzene rings is 1. The zero-order valence-corrected chi connectivity index (χ0v) is 14.3. The first kappa shape index (κ1) is 16.7. The zero-order chi connectivity index (χ0) is 17.6. The highest BCUT2D eigenvalue weighted by molar-refractivity contribution is 6.39. The molecule has 0 aliphatic rings. The average Bonchev–Trinajstić information content (AvgIpc) is 2.51. The van der Waals surface area contributed by atoms with Crippen LogP contribution in [0.2, 0.25) is 15.2 Å². The van der Waals surface area contributed by atoms with Crippen LogP contribution in [0.5, 0.6) is 0 Å². The lowest BCUT2D eigenvalue weighted by Gasteiger charge is -2.18. The van der Waals surface area contributed by atoms with E-state index in [0.29, 0.717) is 5.69 Å². The number of rotatable bonds is 1. The minimum atomic E-state index is -0.644. The second kappa shape index (κ2) is 6.06. The van der Waals surface area contributed by atoms with Crippen LogP contribution in [0.4, 0.5) is 4.39 Å². The molecule has 0 spiro atoms. The Morgan fingerprint density at radius 3 is 2.58 bits per heavy atom. The van der Waals surface area contributed by atoms with Crippen molar-refractivity contribution in [1.29, 1.82) is 5.26 Å². The summed E-state index contributed by atoms with van der Waals surface area (Å²) >= 11 is 18.4. The molecule has 120 valence electrons. The van der Waals surface area contributed by atoms with Crippen molar-refractivity contribution in [2.75, 3.05) is 0 Å². The van der Waals surface area contributed by atoms with E-state index in [0.717, 1.165) is 12.1 Å². The number of fused-ring (bicyclic) bond motifs is 1. The van der Waals surface area contributed by atoms with E-state index in [-0.39, 0.29) is 42.8 Å². The van der Waals surface area contributed by atoms with Crippen LogP contribution in [0.25, 0.3) is 16.6 Å². The summed E-state index contributed by atoms with van der Waals surface area (Å²) in [5.41, 5.74) is 0.563. The summed E-state index contributed by atoms with van der Waals surface area (Å²) < 4.78 is 15.1. The fraction of sp³-hybridized carbons (Fsp3) is 0.0625. The Kier molecular flexibility index (Phi) is 4.22. The quantitative estimate of drug-likeness (QED) is 0.575. The molecule has 0 amide bonds. The monoisotopic (exact) mass is 381 g/mol. The summed E-state index contributed by atoms with van der Waals surface area (Å²) in [6.45, 7) is 1.65. The lowest BCUT2D eigenvalue weighted by Crippen LogP contribution is -2.13. The van der Waals surface area contributed by atoms with Gasteiger partial charge in [0.15, 0.2) is 5.43 Å². The van der Waals surface area contributed by atoms with Gasteiger partial charge in [-0.2, -0.15) is 5.26 Å². The molecule has 0 radical (unpaired) electrons. The number of hydrogen-bond acceptors (Lipinski definition) is 3. The van der Waals surface area contributed by atoms with Crippen molar-refractivity contribution in [2.45, 2.75) is 6.92 Å². The van der Waals surface area contributed by atoms with E-state index in [1.807, 2.05) is 6.07 Å². The van der Waals surface area contributed by atoms with Gasteiger partial charge in [0.1, 0.15) is 17.0 Å². The number of nitriles is 1. The van der Waals surface area contributed by atoms with Crippen LogP contribution < -0.4 is 5.43 Å². The molecule has 0 N–H and O–H groups in total. The van der Waals surface area contributed by atoms with Gasteiger partial charge in [0.05, 0.1) is 32.2 Å². The minimum absolute atomic E-state index is 0.00273. The fourth-order valence-corrected chi connectivity index (χ4v) is 3.31. The first-order valence-corrected chi connectivity index (χ1v) is 7.74. The maximum atomic E-state index is 13.6. The van der Waals surface area contributed by atoms with Gasteiger partial charge in [-0.05, 0) is 19.1 Å². The van der Waals surface area contributed by atoms with Crippen LogP contribution in [0.3, 0.4) is 0 Å². The predicted molar refractivity (Wildman–Crippen MR) is 91.8 cm³/mol. The molecule has 3 rings (SSSR count).